The molecule has 0 aliphatic carbocycles. The van der Waals surface area contributed by atoms with E-state index in [1.54, 1.807) is 17.0 Å². The van der Waals surface area contributed by atoms with Crippen LogP contribution in [0.1, 0.15) is 20.8 Å². The molecule has 0 spiro atoms. The molecule has 4 heteroatoms. The summed E-state index contributed by atoms with van der Waals surface area (Å²) in [5, 5.41) is 0. The van der Waals surface area contributed by atoms with Gasteiger partial charge >= 0.3 is 0 Å². The van der Waals surface area contributed by atoms with Crippen LogP contribution in [0.5, 0.6) is 0 Å². The Hall–Kier alpha value is 0.868. The van der Waals surface area contributed by atoms with Crippen LogP contribution in [0.25, 0.3) is 0 Å². The van der Waals surface area contributed by atoms with E-state index >= 15 is 0 Å². The quantitative estimate of drug-likeness (QED) is 0.575. The van der Waals surface area contributed by atoms with Crippen molar-refractivity contribution in [3.8, 4) is 0 Å². The molecule has 4 radical (unpaired) electrons. The van der Waals surface area contributed by atoms with Crippen LogP contribution >= 0.6 is 0 Å². The van der Waals surface area contributed by atoms with Gasteiger partial charge in [0.05, 0.1) is 0 Å². The number of rotatable bonds is 8. The fourth-order valence-electron chi connectivity index (χ4n) is 2.26. The van der Waals surface area contributed by atoms with Crippen LogP contribution in [0.3, 0.4) is 0 Å². The van der Waals surface area contributed by atoms with Gasteiger partial charge in [-0.1, -0.05) is 75.5 Å². The van der Waals surface area contributed by atoms with E-state index < -0.39 is 8.07 Å². The second-order valence-corrected chi connectivity index (χ2v) is 21.0. The smallest absolute Gasteiger partial charge is 0.0417 e. The standard InChI is InChI=1S/C12H30Si4/c1-8-14(4)10-16(6,7)11-15(5)9-13-12(2)3/h12H,8-11H2,1-7H3. The lowest BCUT2D eigenvalue weighted by Gasteiger charge is -2.27. The van der Waals surface area contributed by atoms with Crippen LogP contribution in [0, 0.1) is 0 Å². The summed E-state index contributed by atoms with van der Waals surface area (Å²) < 4.78 is 0. The number of hydrogen-bond donors (Lipinski definition) is 0. The second kappa shape index (κ2) is 8.05. The molecule has 0 saturated carbocycles. The first-order valence-corrected chi connectivity index (χ1v) is 16.2. The Kier molecular flexibility index (Phi) is 8.49. The minimum atomic E-state index is -0.827. The van der Waals surface area contributed by atoms with Crippen molar-refractivity contribution in [2.75, 3.05) is 0 Å². The third-order valence-electron chi connectivity index (χ3n) is 2.98. The van der Waals surface area contributed by atoms with Crippen LogP contribution in [-0.4, -0.2) is 35.2 Å². The summed E-state index contributed by atoms with van der Waals surface area (Å²) in [6.07, 6.45) is 0. The van der Waals surface area contributed by atoms with Gasteiger partial charge in [0.25, 0.3) is 0 Å². The van der Waals surface area contributed by atoms with Crippen molar-refractivity contribution in [2.45, 2.75) is 75.5 Å². The van der Waals surface area contributed by atoms with Gasteiger partial charge in [0.2, 0.25) is 0 Å². The summed E-state index contributed by atoms with van der Waals surface area (Å²) in [5.41, 5.74) is 5.84. The van der Waals surface area contributed by atoms with E-state index in [1.807, 2.05) is 0 Å². The van der Waals surface area contributed by atoms with Gasteiger partial charge < -0.3 is 0 Å². The van der Waals surface area contributed by atoms with E-state index in [1.165, 1.54) is 15.6 Å². The molecule has 0 nitrogen and oxygen atoms in total. The summed E-state index contributed by atoms with van der Waals surface area (Å²) in [6, 6.07) is 1.47. The molecular formula is C12H30Si4. The Labute approximate surface area is 111 Å². The molecule has 0 fully saturated rings. The predicted molar refractivity (Wildman–Crippen MR) is 86.5 cm³/mol. The monoisotopic (exact) mass is 286 g/mol. The van der Waals surface area contributed by atoms with Gasteiger partial charge in [0.15, 0.2) is 0 Å². The molecule has 0 aromatic heterocycles. The minimum absolute atomic E-state index is 0.00458. The summed E-state index contributed by atoms with van der Waals surface area (Å²) in [7, 11) is 0.413. The highest BCUT2D eigenvalue weighted by atomic mass is 28.4. The van der Waals surface area contributed by atoms with Crippen LogP contribution < -0.4 is 0 Å². The Morgan fingerprint density at radius 1 is 1.06 bits per heavy atom. The van der Waals surface area contributed by atoms with E-state index in [2.05, 4.69) is 47.0 Å². The van der Waals surface area contributed by atoms with Gasteiger partial charge in [-0.05, 0) is 0 Å². The maximum Gasteiger partial charge on any atom is 0.0417 e. The molecule has 0 aliphatic rings. The van der Waals surface area contributed by atoms with Gasteiger partial charge in [-0.3, -0.25) is 0 Å². The summed E-state index contributed by atoms with van der Waals surface area (Å²) in [4.78, 5) is 0. The van der Waals surface area contributed by atoms with Gasteiger partial charge in [0.1, 0.15) is 0 Å². The molecule has 0 aromatic rings. The molecule has 0 saturated heterocycles. The topological polar surface area (TPSA) is 0 Å². The molecule has 0 N–H and O–H groups in total. The van der Waals surface area contributed by atoms with Crippen molar-refractivity contribution >= 4 is 35.2 Å². The lowest BCUT2D eigenvalue weighted by Crippen LogP contribution is -2.36. The Morgan fingerprint density at radius 2 is 1.56 bits per heavy atom. The molecule has 0 atom stereocenters. The SMILES string of the molecule is CC[Si](C)C[Si](C)(C)C[Si](C)C[Si]C(C)C. The molecule has 94 valence electrons. The van der Waals surface area contributed by atoms with Gasteiger partial charge in [-0.2, -0.15) is 0 Å². The lowest BCUT2D eigenvalue weighted by atomic mass is 10.6. The fraction of sp³-hybridized carbons (Fsp3) is 1.00. The van der Waals surface area contributed by atoms with E-state index in [4.69, 9.17) is 0 Å². The summed E-state index contributed by atoms with van der Waals surface area (Å²) in [6.45, 7) is 17.5. The zero-order chi connectivity index (χ0) is 12.8. The highest BCUT2D eigenvalue weighted by Crippen LogP contribution is 2.21. The predicted octanol–water partition coefficient (Wildman–Crippen LogP) is 4.53. The van der Waals surface area contributed by atoms with E-state index in [-0.39, 0.29) is 17.6 Å². The summed E-state index contributed by atoms with van der Waals surface area (Å²) in [5.74, 6) is 0. The fourth-order valence-corrected chi connectivity index (χ4v) is 22.6. The van der Waals surface area contributed by atoms with Crippen molar-refractivity contribution in [1.29, 1.82) is 0 Å². The van der Waals surface area contributed by atoms with Gasteiger partial charge in [-0.15, -0.1) is 0 Å². The Morgan fingerprint density at radius 3 is 2.00 bits per heavy atom. The minimum Gasteiger partial charge on any atom is -0.0715 e. The Balaban J connectivity index is 3.94. The van der Waals surface area contributed by atoms with Crippen LogP contribution in [0.15, 0.2) is 0 Å². The average Bonchev–Trinajstić information content (AvgIpc) is 2.13. The van der Waals surface area contributed by atoms with E-state index in [0.29, 0.717) is 0 Å². The molecule has 0 aliphatic heterocycles. The van der Waals surface area contributed by atoms with Crippen LogP contribution in [0.4, 0.5) is 0 Å². The van der Waals surface area contributed by atoms with E-state index in [0.717, 1.165) is 5.54 Å². The molecule has 0 heterocycles. The lowest BCUT2D eigenvalue weighted by molar-refractivity contribution is 1.06. The third kappa shape index (κ3) is 8.96. The molecule has 0 amide bonds. The van der Waals surface area contributed by atoms with Crippen molar-refractivity contribution in [3.63, 3.8) is 0 Å². The molecule has 0 unspecified atom stereocenters. The third-order valence-corrected chi connectivity index (χ3v) is 20.7. The van der Waals surface area contributed by atoms with Gasteiger partial charge in [-0.25, -0.2) is 0 Å². The van der Waals surface area contributed by atoms with Crippen molar-refractivity contribution in [2.24, 2.45) is 0 Å². The normalized spacial score (nSPS) is 13.1. The zero-order valence-corrected chi connectivity index (χ0v) is 16.4. The molecule has 0 aromatic carbocycles. The largest absolute Gasteiger partial charge is 0.0715 e. The highest BCUT2D eigenvalue weighted by molar-refractivity contribution is 6.95. The zero-order valence-electron chi connectivity index (χ0n) is 12.4. The van der Waals surface area contributed by atoms with E-state index in [9.17, 15) is 0 Å². The maximum absolute atomic E-state index is 2.64. The van der Waals surface area contributed by atoms with Crippen LogP contribution in [0.2, 0.25) is 54.8 Å². The first-order chi connectivity index (χ1) is 7.26. The molecule has 0 bridgehead atoms. The van der Waals surface area contributed by atoms with Crippen molar-refractivity contribution in [1.82, 2.24) is 0 Å². The first-order valence-electron chi connectivity index (χ1n) is 6.63. The van der Waals surface area contributed by atoms with Crippen LogP contribution in [-0.2, 0) is 0 Å². The summed E-state index contributed by atoms with van der Waals surface area (Å²) >= 11 is 0. The average molecular weight is 287 g/mol. The highest BCUT2D eigenvalue weighted by Gasteiger charge is 2.26. The van der Waals surface area contributed by atoms with Crippen molar-refractivity contribution < 1.29 is 0 Å². The van der Waals surface area contributed by atoms with Crippen molar-refractivity contribution in [3.05, 3.63) is 0 Å². The molecule has 0 rings (SSSR count). The Bertz CT molecular complexity index is 180. The molecular weight excluding hydrogens is 256 g/mol. The molecule has 16 heavy (non-hydrogen) atoms. The first kappa shape index (κ1) is 16.9. The van der Waals surface area contributed by atoms with Gasteiger partial charge in [0, 0.05) is 35.2 Å². The maximum atomic E-state index is 2.64. The number of hydrogen-bond acceptors (Lipinski definition) is 0. The second-order valence-electron chi connectivity index (χ2n) is 6.32.